The maximum absolute atomic E-state index is 5.87. The van der Waals surface area contributed by atoms with Gasteiger partial charge < -0.3 is 14.2 Å². The lowest BCUT2D eigenvalue weighted by molar-refractivity contribution is 0.0141. The van der Waals surface area contributed by atoms with Crippen molar-refractivity contribution in [2.24, 2.45) is 5.92 Å². The van der Waals surface area contributed by atoms with Gasteiger partial charge in [-0.1, -0.05) is 123 Å². The summed E-state index contributed by atoms with van der Waals surface area (Å²) in [7, 11) is 0. The van der Waals surface area contributed by atoms with Crippen molar-refractivity contribution in [1.29, 1.82) is 0 Å². The Balaban J connectivity index is 1.72. The second kappa shape index (κ2) is 24.0. The first kappa shape index (κ1) is 29.9. The van der Waals surface area contributed by atoms with E-state index >= 15 is 0 Å². The molecule has 0 aromatic heterocycles. The van der Waals surface area contributed by atoms with Gasteiger partial charge in [0.2, 0.25) is 0 Å². The SMILES string of the molecule is [CH2]CCCCOC[C@H]1CO[C@H](COCCCCCCCCCCCCCCCCCC)C1. The summed E-state index contributed by atoms with van der Waals surface area (Å²) in [5.74, 6) is 0.555. The third-order valence-electron chi connectivity index (χ3n) is 6.75. The lowest BCUT2D eigenvalue weighted by Crippen LogP contribution is -2.15. The molecule has 32 heavy (non-hydrogen) atoms. The summed E-state index contributed by atoms with van der Waals surface area (Å²) in [6, 6.07) is 0. The molecule has 1 radical (unpaired) electrons. The van der Waals surface area contributed by atoms with Crippen LogP contribution in [0, 0.1) is 12.8 Å². The van der Waals surface area contributed by atoms with Gasteiger partial charge in [-0.25, -0.2) is 0 Å². The first-order chi connectivity index (χ1) is 15.9. The summed E-state index contributed by atoms with van der Waals surface area (Å²) in [6.45, 7) is 10.4. The van der Waals surface area contributed by atoms with Crippen LogP contribution in [0.1, 0.15) is 135 Å². The van der Waals surface area contributed by atoms with E-state index in [4.69, 9.17) is 14.2 Å². The zero-order chi connectivity index (χ0) is 23.0. The quantitative estimate of drug-likeness (QED) is 0.129. The molecule has 1 fully saturated rings. The summed E-state index contributed by atoms with van der Waals surface area (Å²) >= 11 is 0. The fraction of sp³-hybridized carbons (Fsp3) is 0.966. The minimum absolute atomic E-state index is 0.282. The molecule has 0 N–H and O–H groups in total. The van der Waals surface area contributed by atoms with Crippen molar-refractivity contribution in [2.75, 3.05) is 33.0 Å². The minimum Gasteiger partial charge on any atom is -0.381 e. The molecule has 0 amide bonds. The molecule has 0 bridgehead atoms. The first-order valence-corrected chi connectivity index (χ1v) is 14.4. The Morgan fingerprint density at radius 1 is 0.625 bits per heavy atom. The van der Waals surface area contributed by atoms with E-state index in [-0.39, 0.29) is 6.10 Å². The predicted molar refractivity (Wildman–Crippen MR) is 138 cm³/mol. The number of hydrogen-bond donors (Lipinski definition) is 0. The van der Waals surface area contributed by atoms with Gasteiger partial charge in [-0.05, 0) is 19.3 Å². The second-order valence-electron chi connectivity index (χ2n) is 10.1. The number of hydrogen-bond acceptors (Lipinski definition) is 3. The van der Waals surface area contributed by atoms with Crippen molar-refractivity contribution in [1.82, 2.24) is 0 Å². The molecule has 3 heteroatoms. The normalized spacial score (nSPS) is 18.6. The van der Waals surface area contributed by atoms with Crippen molar-refractivity contribution < 1.29 is 14.2 Å². The maximum Gasteiger partial charge on any atom is 0.0813 e. The topological polar surface area (TPSA) is 27.7 Å². The van der Waals surface area contributed by atoms with Gasteiger partial charge in [0.25, 0.3) is 0 Å². The van der Waals surface area contributed by atoms with Crippen LogP contribution >= 0.6 is 0 Å². The van der Waals surface area contributed by atoms with Gasteiger partial charge in [-0.15, -0.1) is 0 Å². The molecule has 3 nitrogen and oxygen atoms in total. The molecule has 0 aromatic carbocycles. The molecule has 0 aromatic rings. The van der Waals surface area contributed by atoms with Gasteiger partial charge in [-0.3, -0.25) is 0 Å². The highest BCUT2D eigenvalue weighted by molar-refractivity contribution is 4.73. The predicted octanol–water partition coefficient (Wildman–Crippen LogP) is 8.69. The highest BCUT2D eigenvalue weighted by atomic mass is 16.5. The number of rotatable bonds is 25. The zero-order valence-electron chi connectivity index (χ0n) is 21.8. The Bertz CT molecular complexity index is 360. The van der Waals surface area contributed by atoms with Crippen LogP contribution in [0.5, 0.6) is 0 Å². The minimum atomic E-state index is 0.282. The van der Waals surface area contributed by atoms with E-state index in [2.05, 4.69) is 13.8 Å². The molecular formula is C29H57O3. The van der Waals surface area contributed by atoms with Gasteiger partial charge in [-0.2, -0.15) is 0 Å². The highest BCUT2D eigenvalue weighted by Crippen LogP contribution is 2.20. The van der Waals surface area contributed by atoms with Gasteiger partial charge in [0.1, 0.15) is 0 Å². The fourth-order valence-electron chi connectivity index (χ4n) is 4.61. The van der Waals surface area contributed by atoms with Crippen molar-refractivity contribution in [3.05, 3.63) is 6.92 Å². The lowest BCUT2D eigenvalue weighted by atomic mass is 10.0. The largest absolute Gasteiger partial charge is 0.381 e. The average molecular weight is 454 g/mol. The summed E-state index contributed by atoms with van der Waals surface area (Å²) in [5.41, 5.74) is 0. The van der Waals surface area contributed by atoms with Gasteiger partial charge >= 0.3 is 0 Å². The van der Waals surface area contributed by atoms with Crippen LogP contribution in [0.4, 0.5) is 0 Å². The van der Waals surface area contributed by atoms with E-state index in [0.717, 1.165) is 58.7 Å². The van der Waals surface area contributed by atoms with Crippen LogP contribution in [-0.2, 0) is 14.2 Å². The Hall–Kier alpha value is -0.120. The molecule has 1 heterocycles. The lowest BCUT2D eigenvalue weighted by Gasteiger charge is -2.11. The van der Waals surface area contributed by atoms with Crippen molar-refractivity contribution in [3.8, 4) is 0 Å². The van der Waals surface area contributed by atoms with E-state index in [0.29, 0.717) is 5.92 Å². The van der Waals surface area contributed by atoms with E-state index < -0.39 is 0 Å². The molecule has 1 rings (SSSR count). The smallest absolute Gasteiger partial charge is 0.0813 e. The Morgan fingerprint density at radius 3 is 1.62 bits per heavy atom. The average Bonchev–Trinajstić information content (AvgIpc) is 3.25. The molecule has 191 valence electrons. The summed E-state index contributed by atoms with van der Waals surface area (Å²) in [5, 5.41) is 0. The van der Waals surface area contributed by atoms with E-state index in [1.165, 1.54) is 103 Å². The number of unbranched alkanes of at least 4 members (excludes halogenated alkanes) is 17. The highest BCUT2D eigenvalue weighted by Gasteiger charge is 2.25. The summed E-state index contributed by atoms with van der Waals surface area (Å²) in [6.07, 6.45) is 27.3. The van der Waals surface area contributed by atoms with Crippen LogP contribution in [0.25, 0.3) is 0 Å². The molecule has 1 saturated heterocycles. The van der Waals surface area contributed by atoms with Crippen LogP contribution in [0.15, 0.2) is 0 Å². The van der Waals surface area contributed by atoms with Crippen molar-refractivity contribution in [2.45, 2.75) is 141 Å². The van der Waals surface area contributed by atoms with Gasteiger partial charge in [0.05, 0.1) is 25.9 Å². The molecule has 0 unspecified atom stereocenters. The van der Waals surface area contributed by atoms with Gasteiger partial charge in [0.15, 0.2) is 0 Å². The van der Waals surface area contributed by atoms with Crippen molar-refractivity contribution in [3.63, 3.8) is 0 Å². The van der Waals surface area contributed by atoms with E-state index in [9.17, 15) is 0 Å². The maximum atomic E-state index is 5.87. The monoisotopic (exact) mass is 453 g/mol. The molecule has 0 saturated carbocycles. The summed E-state index contributed by atoms with van der Waals surface area (Å²) in [4.78, 5) is 0. The van der Waals surface area contributed by atoms with Crippen LogP contribution in [-0.4, -0.2) is 39.1 Å². The molecule has 1 aliphatic heterocycles. The molecule has 0 aliphatic carbocycles. The molecule has 1 aliphatic rings. The second-order valence-corrected chi connectivity index (χ2v) is 10.1. The van der Waals surface area contributed by atoms with E-state index in [1.807, 2.05) is 0 Å². The Morgan fingerprint density at radius 2 is 1.09 bits per heavy atom. The number of ether oxygens (including phenoxy) is 3. The third kappa shape index (κ3) is 19.4. The standard InChI is InChI=1S/C29H57O3/c1-3-5-7-8-9-10-11-12-13-14-15-16-17-18-19-21-23-31-27-29-24-28(26-32-29)25-30-22-20-6-4-2/h28-29H,2-27H2,1H3/t28-,29-/m0/s1. The molecule has 0 spiro atoms. The first-order valence-electron chi connectivity index (χ1n) is 14.4. The third-order valence-corrected chi connectivity index (χ3v) is 6.75. The molecule has 2 atom stereocenters. The van der Waals surface area contributed by atoms with E-state index in [1.54, 1.807) is 0 Å². The zero-order valence-corrected chi connectivity index (χ0v) is 21.8. The Kier molecular flexibility index (Phi) is 22.5. The van der Waals surface area contributed by atoms with Gasteiger partial charge in [0, 0.05) is 19.1 Å². The van der Waals surface area contributed by atoms with Crippen molar-refractivity contribution >= 4 is 0 Å². The van der Waals surface area contributed by atoms with Crippen LogP contribution in [0.3, 0.4) is 0 Å². The Labute approximate surface area is 201 Å². The van der Waals surface area contributed by atoms with Crippen LogP contribution in [0.2, 0.25) is 0 Å². The molecular weight excluding hydrogens is 396 g/mol. The fourth-order valence-corrected chi connectivity index (χ4v) is 4.61. The summed E-state index contributed by atoms with van der Waals surface area (Å²) < 4.78 is 17.5. The van der Waals surface area contributed by atoms with Crippen LogP contribution < -0.4 is 0 Å².